The molecule has 0 saturated heterocycles. The molecule has 2 aromatic carbocycles. The predicted molar refractivity (Wildman–Crippen MR) is 107 cm³/mol. The van der Waals surface area contributed by atoms with Crippen LogP contribution in [-0.2, 0) is 0 Å². The number of benzene rings is 2. The molecule has 1 amide bonds. The average Bonchev–Trinajstić information content (AvgIpc) is 2.71. The van der Waals surface area contributed by atoms with E-state index in [2.05, 4.69) is 4.98 Å². The van der Waals surface area contributed by atoms with Crippen LogP contribution in [0.3, 0.4) is 0 Å². The standard InChI is InChI=1S/C22H17N3O3/c26-22(27)25-12-4-1-5-13-28-17-8-9-20-18(14-17)21(10-11-23-20)24-19-7-3-2-6-16(19)15-25/h1-12,14-15H,13H2,(H,26,27)/b5-1-,12-4?,16-15-,24-19?. The highest BCUT2D eigenvalue weighted by Gasteiger charge is 2.06. The number of amides is 1. The zero-order valence-electron chi connectivity index (χ0n) is 14.9. The Morgan fingerprint density at radius 1 is 1.11 bits per heavy atom. The van der Waals surface area contributed by atoms with Crippen LogP contribution in [0.2, 0.25) is 0 Å². The lowest BCUT2D eigenvalue weighted by Gasteiger charge is -2.07. The van der Waals surface area contributed by atoms with Crippen molar-refractivity contribution in [2.24, 2.45) is 4.99 Å². The Morgan fingerprint density at radius 3 is 2.89 bits per heavy atom. The predicted octanol–water partition coefficient (Wildman–Crippen LogP) is 3.37. The number of aromatic nitrogens is 1. The number of hydrogen-bond donors (Lipinski definition) is 1. The van der Waals surface area contributed by atoms with Crippen LogP contribution in [0, 0.1) is 0 Å². The molecular formula is C22H17N3O3. The molecule has 0 radical (unpaired) electrons. The van der Waals surface area contributed by atoms with Gasteiger partial charge in [-0.05, 0) is 42.5 Å². The number of fused-ring (bicyclic) bond motifs is 2. The Kier molecular flexibility index (Phi) is 4.84. The van der Waals surface area contributed by atoms with Crippen molar-refractivity contribution in [3.8, 4) is 5.75 Å². The Hall–Kier alpha value is -3.93. The fourth-order valence-electron chi connectivity index (χ4n) is 2.86. The fourth-order valence-corrected chi connectivity index (χ4v) is 2.86. The highest BCUT2D eigenvalue weighted by Crippen LogP contribution is 2.27. The van der Waals surface area contributed by atoms with E-state index in [1.165, 1.54) is 12.4 Å². The minimum atomic E-state index is -1.09. The molecular weight excluding hydrogens is 354 g/mol. The van der Waals surface area contributed by atoms with Crippen molar-refractivity contribution in [2.45, 2.75) is 0 Å². The van der Waals surface area contributed by atoms with Crippen LogP contribution < -0.4 is 15.3 Å². The van der Waals surface area contributed by atoms with Gasteiger partial charge in [-0.3, -0.25) is 9.88 Å². The summed E-state index contributed by atoms with van der Waals surface area (Å²) >= 11 is 0. The van der Waals surface area contributed by atoms with Crippen LogP contribution in [0.1, 0.15) is 0 Å². The van der Waals surface area contributed by atoms with Gasteiger partial charge in [0.25, 0.3) is 0 Å². The summed E-state index contributed by atoms with van der Waals surface area (Å²) in [4.78, 5) is 21.9. The quantitative estimate of drug-likeness (QED) is 0.657. The average molecular weight is 371 g/mol. The van der Waals surface area contributed by atoms with Crippen LogP contribution in [0.5, 0.6) is 5.75 Å². The number of rotatable bonds is 0. The summed E-state index contributed by atoms with van der Waals surface area (Å²) in [5.41, 5.74) is 1.54. The topological polar surface area (TPSA) is 75.0 Å². The SMILES string of the molecule is O=C(O)N1C=C/C=C\COc2ccc3nccc(c3c2)N=c2cccc/c2=C/1. The zero-order valence-corrected chi connectivity index (χ0v) is 14.9. The summed E-state index contributed by atoms with van der Waals surface area (Å²) in [6.45, 7) is 0.361. The third kappa shape index (κ3) is 3.76. The van der Waals surface area contributed by atoms with E-state index in [1.54, 1.807) is 18.3 Å². The fraction of sp³-hybridized carbons (Fsp3) is 0.0455. The van der Waals surface area contributed by atoms with Crippen LogP contribution in [0.25, 0.3) is 17.1 Å². The molecule has 0 aliphatic carbocycles. The number of carboxylic acid groups (broad SMARTS) is 1. The van der Waals surface area contributed by atoms with E-state index in [4.69, 9.17) is 9.73 Å². The zero-order chi connectivity index (χ0) is 19.3. The number of carbonyl (C=O) groups is 1. The molecule has 2 bridgehead atoms. The Balaban J connectivity index is 2.00. The molecule has 4 rings (SSSR count). The van der Waals surface area contributed by atoms with Gasteiger partial charge in [0.15, 0.2) is 0 Å². The van der Waals surface area contributed by atoms with Gasteiger partial charge in [-0.2, -0.15) is 0 Å². The van der Waals surface area contributed by atoms with Crippen molar-refractivity contribution in [3.05, 3.63) is 89.7 Å². The summed E-state index contributed by atoms with van der Waals surface area (Å²) in [5.74, 6) is 0.715. The Morgan fingerprint density at radius 2 is 2.00 bits per heavy atom. The Labute approximate surface area is 161 Å². The third-order valence-corrected chi connectivity index (χ3v) is 4.21. The van der Waals surface area contributed by atoms with Gasteiger partial charge in [-0.1, -0.05) is 24.3 Å². The minimum Gasteiger partial charge on any atom is -0.490 e. The summed E-state index contributed by atoms with van der Waals surface area (Å²) in [6, 6.07) is 14.9. The maximum atomic E-state index is 11.6. The molecule has 1 N–H and O–H groups in total. The van der Waals surface area contributed by atoms with Crippen molar-refractivity contribution >= 4 is 28.9 Å². The minimum absolute atomic E-state index is 0.361. The summed E-state index contributed by atoms with van der Waals surface area (Å²) < 4.78 is 5.76. The monoisotopic (exact) mass is 371 g/mol. The van der Waals surface area contributed by atoms with E-state index in [9.17, 15) is 9.90 Å². The van der Waals surface area contributed by atoms with Gasteiger partial charge in [0.2, 0.25) is 0 Å². The normalized spacial score (nSPS) is 16.0. The van der Waals surface area contributed by atoms with Gasteiger partial charge in [-0.15, -0.1) is 0 Å². The lowest BCUT2D eigenvalue weighted by molar-refractivity contribution is 0.179. The number of nitrogens with zero attached hydrogens (tertiary/aromatic N) is 3. The van der Waals surface area contributed by atoms with E-state index in [0.717, 1.165) is 21.5 Å². The van der Waals surface area contributed by atoms with Gasteiger partial charge >= 0.3 is 6.09 Å². The smallest absolute Gasteiger partial charge is 0.415 e. The maximum absolute atomic E-state index is 11.6. The van der Waals surface area contributed by atoms with Gasteiger partial charge in [0.1, 0.15) is 12.4 Å². The van der Waals surface area contributed by atoms with Gasteiger partial charge in [-0.25, -0.2) is 9.79 Å². The molecule has 1 aliphatic heterocycles. The molecule has 0 fully saturated rings. The van der Waals surface area contributed by atoms with Crippen molar-refractivity contribution in [1.29, 1.82) is 0 Å². The molecule has 6 heteroatoms. The first-order chi connectivity index (χ1) is 13.7. The molecule has 28 heavy (non-hydrogen) atoms. The molecule has 6 nitrogen and oxygen atoms in total. The second-order valence-corrected chi connectivity index (χ2v) is 6.08. The van der Waals surface area contributed by atoms with Crippen LogP contribution in [0.15, 0.2) is 84.1 Å². The van der Waals surface area contributed by atoms with Crippen molar-refractivity contribution in [3.63, 3.8) is 0 Å². The Bertz CT molecular complexity index is 1220. The second kappa shape index (κ2) is 7.75. The molecule has 3 aromatic rings. The van der Waals surface area contributed by atoms with Crippen molar-refractivity contribution in [2.75, 3.05) is 6.61 Å². The molecule has 1 aliphatic rings. The number of allylic oxidation sites excluding steroid dienone is 2. The third-order valence-electron chi connectivity index (χ3n) is 4.21. The second-order valence-electron chi connectivity index (χ2n) is 6.08. The highest BCUT2D eigenvalue weighted by molar-refractivity contribution is 5.90. The maximum Gasteiger partial charge on any atom is 0.415 e. The number of ether oxygens (including phenoxy) is 1. The summed E-state index contributed by atoms with van der Waals surface area (Å²) in [7, 11) is 0. The first-order valence-corrected chi connectivity index (χ1v) is 8.72. The molecule has 0 unspecified atom stereocenters. The van der Waals surface area contributed by atoms with Crippen LogP contribution >= 0.6 is 0 Å². The molecule has 0 atom stereocenters. The first kappa shape index (κ1) is 17.5. The molecule has 0 spiro atoms. The first-order valence-electron chi connectivity index (χ1n) is 8.72. The number of pyridine rings is 1. The van der Waals surface area contributed by atoms with E-state index in [-0.39, 0.29) is 0 Å². The van der Waals surface area contributed by atoms with Crippen molar-refractivity contribution < 1.29 is 14.6 Å². The molecule has 138 valence electrons. The lowest BCUT2D eigenvalue weighted by Crippen LogP contribution is -2.29. The van der Waals surface area contributed by atoms with Crippen molar-refractivity contribution in [1.82, 2.24) is 9.88 Å². The van der Waals surface area contributed by atoms with E-state index in [0.29, 0.717) is 22.9 Å². The number of para-hydroxylation sites is 1. The van der Waals surface area contributed by atoms with Crippen LogP contribution in [0.4, 0.5) is 10.5 Å². The molecule has 0 saturated carbocycles. The van der Waals surface area contributed by atoms with E-state index in [1.807, 2.05) is 54.6 Å². The van der Waals surface area contributed by atoms with E-state index >= 15 is 0 Å². The lowest BCUT2D eigenvalue weighted by atomic mass is 10.2. The molecule has 2 heterocycles. The summed E-state index contributed by atoms with van der Waals surface area (Å²) in [5, 5.41) is 11.7. The number of hydrogen-bond acceptors (Lipinski definition) is 4. The largest absolute Gasteiger partial charge is 0.490 e. The highest BCUT2D eigenvalue weighted by atomic mass is 16.5. The van der Waals surface area contributed by atoms with Gasteiger partial charge in [0.05, 0.1) is 16.6 Å². The van der Waals surface area contributed by atoms with E-state index < -0.39 is 6.09 Å². The van der Waals surface area contributed by atoms with Gasteiger partial charge < -0.3 is 9.84 Å². The van der Waals surface area contributed by atoms with Gasteiger partial charge in [0, 0.05) is 29.2 Å². The van der Waals surface area contributed by atoms with Crippen LogP contribution in [-0.4, -0.2) is 27.7 Å². The summed E-state index contributed by atoms with van der Waals surface area (Å²) in [6.07, 6.45) is 8.83. The molecule has 1 aromatic heterocycles.